The minimum Gasteiger partial charge on any atom is -0.497 e. The molecule has 3 aliphatic heterocycles. The van der Waals surface area contributed by atoms with Crippen LogP contribution in [0.2, 0.25) is 0 Å². The number of ether oxygens (including phenoxy) is 2. The van der Waals surface area contributed by atoms with Gasteiger partial charge in [-0.3, -0.25) is 9.59 Å². The SMILES string of the molecule is COc1ccc(N2C[C@@]34C=CC(O3)C(C(=O)NC(C)C)C4C2=O)cc1. The summed E-state index contributed by atoms with van der Waals surface area (Å²) in [5, 5.41) is 2.93. The van der Waals surface area contributed by atoms with Crippen LogP contribution in [0.25, 0.3) is 0 Å². The topological polar surface area (TPSA) is 67.9 Å². The predicted molar refractivity (Wildman–Crippen MR) is 92.3 cm³/mol. The molecule has 0 radical (unpaired) electrons. The summed E-state index contributed by atoms with van der Waals surface area (Å²) in [6.07, 6.45) is 3.57. The van der Waals surface area contributed by atoms with Crippen LogP contribution in [0.4, 0.5) is 5.69 Å². The van der Waals surface area contributed by atoms with E-state index in [4.69, 9.17) is 9.47 Å². The maximum Gasteiger partial charge on any atom is 0.234 e. The molecule has 0 aromatic heterocycles. The van der Waals surface area contributed by atoms with E-state index in [1.807, 2.05) is 50.3 Å². The third-order valence-electron chi connectivity index (χ3n) is 5.22. The summed E-state index contributed by atoms with van der Waals surface area (Å²) >= 11 is 0. The van der Waals surface area contributed by atoms with E-state index in [-0.39, 0.29) is 24.0 Å². The summed E-state index contributed by atoms with van der Waals surface area (Å²) < 4.78 is 11.3. The summed E-state index contributed by atoms with van der Waals surface area (Å²) in [6, 6.07) is 7.39. The molecule has 3 aliphatic rings. The zero-order chi connectivity index (χ0) is 17.8. The van der Waals surface area contributed by atoms with E-state index >= 15 is 0 Å². The number of fused-ring (bicyclic) bond motifs is 1. The van der Waals surface area contributed by atoms with Crippen LogP contribution in [0.5, 0.6) is 5.75 Å². The van der Waals surface area contributed by atoms with Crippen LogP contribution in [0.15, 0.2) is 36.4 Å². The second-order valence-corrected chi connectivity index (χ2v) is 7.19. The number of benzene rings is 1. The normalized spacial score (nSPS) is 32.4. The van der Waals surface area contributed by atoms with Crippen molar-refractivity contribution >= 4 is 17.5 Å². The molecule has 2 amide bonds. The average Bonchev–Trinajstić information content (AvgIpc) is 3.22. The Morgan fingerprint density at radius 3 is 2.72 bits per heavy atom. The van der Waals surface area contributed by atoms with Crippen molar-refractivity contribution in [3.8, 4) is 5.75 Å². The molecule has 1 aromatic carbocycles. The molecule has 0 aliphatic carbocycles. The molecule has 6 nitrogen and oxygen atoms in total. The molecule has 4 atom stereocenters. The molecule has 1 spiro atoms. The summed E-state index contributed by atoms with van der Waals surface area (Å²) in [5.41, 5.74) is 0.0961. The van der Waals surface area contributed by atoms with Crippen LogP contribution in [-0.2, 0) is 14.3 Å². The summed E-state index contributed by atoms with van der Waals surface area (Å²) in [7, 11) is 1.61. The van der Waals surface area contributed by atoms with Crippen molar-refractivity contribution in [3.05, 3.63) is 36.4 Å². The highest BCUT2D eigenvalue weighted by Gasteiger charge is 2.67. The number of nitrogens with zero attached hydrogens (tertiary/aromatic N) is 1. The van der Waals surface area contributed by atoms with Crippen molar-refractivity contribution in [3.63, 3.8) is 0 Å². The largest absolute Gasteiger partial charge is 0.497 e. The molecule has 2 saturated heterocycles. The van der Waals surface area contributed by atoms with E-state index in [2.05, 4.69) is 5.32 Å². The first-order valence-corrected chi connectivity index (χ1v) is 8.58. The lowest BCUT2D eigenvalue weighted by atomic mass is 9.76. The summed E-state index contributed by atoms with van der Waals surface area (Å²) in [4.78, 5) is 27.5. The maximum atomic E-state index is 13.1. The van der Waals surface area contributed by atoms with Gasteiger partial charge in [-0.15, -0.1) is 0 Å². The maximum absolute atomic E-state index is 13.1. The van der Waals surface area contributed by atoms with Gasteiger partial charge in [-0.2, -0.15) is 0 Å². The van der Waals surface area contributed by atoms with Crippen molar-refractivity contribution in [1.82, 2.24) is 5.32 Å². The molecule has 2 bridgehead atoms. The lowest BCUT2D eigenvalue weighted by Crippen LogP contribution is -2.45. The molecule has 3 heterocycles. The first-order chi connectivity index (χ1) is 11.9. The number of rotatable bonds is 4. The minimum absolute atomic E-state index is 0.0285. The van der Waals surface area contributed by atoms with Gasteiger partial charge in [0.25, 0.3) is 0 Å². The van der Waals surface area contributed by atoms with E-state index in [9.17, 15) is 9.59 Å². The standard InChI is InChI=1S/C19H22N2O4/c1-11(2)20-17(22)15-14-8-9-19(25-14)10-21(18(23)16(15)19)12-4-6-13(24-3)7-5-12/h4-9,11,14-16H,10H2,1-3H3,(H,20,22)/t14?,15?,16?,19-/m1/s1. The molecule has 132 valence electrons. The highest BCUT2D eigenvalue weighted by molar-refractivity contribution is 6.03. The van der Waals surface area contributed by atoms with Gasteiger partial charge in [-0.1, -0.05) is 12.2 Å². The Balaban J connectivity index is 1.64. The van der Waals surface area contributed by atoms with Gasteiger partial charge in [0.1, 0.15) is 11.4 Å². The lowest BCUT2D eigenvalue weighted by Gasteiger charge is -2.24. The first-order valence-electron chi connectivity index (χ1n) is 8.58. The highest BCUT2D eigenvalue weighted by atomic mass is 16.5. The van der Waals surface area contributed by atoms with E-state index in [0.717, 1.165) is 11.4 Å². The Bertz CT molecular complexity index is 742. The molecule has 3 unspecified atom stereocenters. The predicted octanol–water partition coefficient (Wildman–Crippen LogP) is 1.51. The van der Waals surface area contributed by atoms with Crippen LogP contribution in [0.3, 0.4) is 0 Å². The van der Waals surface area contributed by atoms with Crippen LogP contribution < -0.4 is 15.0 Å². The molecule has 6 heteroatoms. The van der Waals surface area contributed by atoms with Gasteiger partial charge in [0.05, 0.1) is 31.6 Å². The Kier molecular flexibility index (Phi) is 3.61. The fourth-order valence-electron chi connectivity index (χ4n) is 4.16. The molecular weight excluding hydrogens is 320 g/mol. The number of carbonyl (C=O) groups excluding carboxylic acids is 2. The van der Waals surface area contributed by atoms with Gasteiger partial charge in [0.2, 0.25) is 11.8 Å². The summed E-state index contributed by atoms with van der Waals surface area (Å²) in [5.74, 6) is -0.367. The van der Waals surface area contributed by atoms with Gasteiger partial charge < -0.3 is 19.7 Å². The second-order valence-electron chi connectivity index (χ2n) is 7.19. The molecule has 25 heavy (non-hydrogen) atoms. The zero-order valence-electron chi connectivity index (χ0n) is 14.6. The van der Waals surface area contributed by atoms with Gasteiger partial charge in [0.15, 0.2) is 0 Å². The highest BCUT2D eigenvalue weighted by Crippen LogP contribution is 2.52. The molecule has 1 N–H and O–H groups in total. The smallest absolute Gasteiger partial charge is 0.234 e. The molecule has 1 aromatic rings. The lowest BCUT2D eigenvalue weighted by molar-refractivity contribution is -0.132. The number of methoxy groups -OCH3 is 1. The second kappa shape index (κ2) is 5.59. The van der Waals surface area contributed by atoms with Crippen LogP contribution in [0.1, 0.15) is 13.8 Å². The van der Waals surface area contributed by atoms with Crippen molar-refractivity contribution in [2.45, 2.75) is 31.6 Å². The summed E-state index contributed by atoms with van der Waals surface area (Å²) in [6.45, 7) is 4.26. The van der Waals surface area contributed by atoms with E-state index < -0.39 is 17.4 Å². The number of hydrogen-bond donors (Lipinski definition) is 1. The van der Waals surface area contributed by atoms with Gasteiger partial charge in [0, 0.05) is 11.7 Å². The molecular formula is C19H22N2O4. The van der Waals surface area contributed by atoms with Crippen molar-refractivity contribution in [1.29, 1.82) is 0 Å². The number of nitrogens with one attached hydrogen (secondary N) is 1. The van der Waals surface area contributed by atoms with Crippen LogP contribution in [0, 0.1) is 11.8 Å². The van der Waals surface area contributed by atoms with Gasteiger partial charge in [-0.05, 0) is 38.1 Å². The Labute approximate surface area is 146 Å². The quantitative estimate of drug-likeness (QED) is 0.842. The Morgan fingerprint density at radius 1 is 1.36 bits per heavy atom. The fourth-order valence-corrected chi connectivity index (χ4v) is 4.16. The fraction of sp³-hybridized carbons (Fsp3) is 0.474. The van der Waals surface area contributed by atoms with Crippen molar-refractivity contribution in [2.75, 3.05) is 18.6 Å². The first kappa shape index (κ1) is 16.1. The number of hydrogen-bond acceptors (Lipinski definition) is 4. The third-order valence-corrected chi connectivity index (χ3v) is 5.22. The van der Waals surface area contributed by atoms with Crippen molar-refractivity contribution < 1.29 is 19.1 Å². The number of anilines is 1. The monoisotopic (exact) mass is 342 g/mol. The van der Waals surface area contributed by atoms with E-state index in [1.165, 1.54) is 0 Å². The molecule has 2 fully saturated rings. The molecule has 0 saturated carbocycles. The minimum atomic E-state index is -0.694. The number of carbonyl (C=O) groups is 2. The van der Waals surface area contributed by atoms with E-state index in [0.29, 0.717) is 6.54 Å². The van der Waals surface area contributed by atoms with Crippen LogP contribution >= 0.6 is 0 Å². The van der Waals surface area contributed by atoms with E-state index in [1.54, 1.807) is 12.0 Å². The van der Waals surface area contributed by atoms with Gasteiger partial charge in [-0.25, -0.2) is 0 Å². The van der Waals surface area contributed by atoms with Gasteiger partial charge >= 0.3 is 0 Å². The number of amides is 2. The zero-order valence-corrected chi connectivity index (χ0v) is 14.6. The molecule has 4 rings (SSSR count). The van der Waals surface area contributed by atoms with Crippen molar-refractivity contribution in [2.24, 2.45) is 11.8 Å². The average molecular weight is 342 g/mol. The third kappa shape index (κ3) is 2.35. The van der Waals surface area contributed by atoms with Crippen LogP contribution in [-0.4, -0.2) is 43.2 Å². The Morgan fingerprint density at radius 2 is 2.08 bits per heavy atom. The Hall–Kier alpha value is -2.34.